The molecule has 6 heterocycles. The smallest absolute Gasteiger partial charge is 0.341 e. The minimum absolute atomic E-state index is 0.0768. The van der Waals surface area contributed by atoms with E-state index >= 15 is 0 Å². The fraction of sp³-hybridized carbons (Fsp3) is 0.0833. The topological polar surface area (TPSA) is 30.5 Å². The first-order valence-electron chi connectivity index (χ1n) is 19.0. The zero-order valence-corrected chi connectivity index (χ0v) is 28.9. The number of fused-ring (bicyclic) bond motifs is 8. The number of halogens is 1. The van der Waals surface area contributed by atoms with Crippen molar-refractivity contribution in [3.05, 3.63) is 162 Å². The molecule has 0 radical (unpaired) electrons. The van der Waals surface area contributed by atoms with Crippen LogP contribution in [0.2, 0.25) is 0 Å². The molecule has 0 fully saturated rings. The summed E-state index contributed by atoms with van der Waals surface area (Å²) >= 11 is 0. The van der Waals surface area contributed by atoms with Gasteiger partial charge >= 0.3 is 6.71 Å². The Hall–Kier alpha value is -6.53. The highest BCUT2D eigenvalue weighted by atomic mass is 19.1. The number of aromatic nitrogens is 1. The van der Waals surface area contributed by atoms with Crippen molar-refractivity contribution in [2.75, 3.05) is 4.90 Å². The molecule has 2 atom stereocenters. The van der Waals surface area contributed by atoms with Gasteiger partial charge in [0.2, 0.25) is 0 Å². The molecule has 7 aromatic carbocycles. The van der Waals surface area contributed by atoms with Crippen LogP contribution in [0, 0.1) is 11.7 Å². The van der Waals surface area contributed by atoms with Crippen molar-refractivity contribution in [3.63, 3.8) is 0 Å². The molecule has 4 nitrogen and oxygen atoms in total. The van der Waals surface area contributed by atoms with Gasteiger partial charge < -0.3 is 18.6 Å². The number of benzene rings is 7. The molecule has 5 aliphatic rings. The standard InChI is InChI=1S/C48H28BFN2O2/c50-29-21-19-25(20-22-29)28-23-36-44-37(24-28)52-35-16-4-10-27-8-2-12-31(41(27)35)33-14-6-18-39-43(33)46(52)48(54-39)49(44)47-45-42-32(13-5-17-38(42)53-47)30-11-1-7-26-9-3-15-34(40(26)30)51(36)45/h1-5,7-13,15-24,33,43H,6,14H2. The van der Waals surface area contributed by atoms with Gasteiger partial charge in [0.05, 0.1) is 39.4 Å². The van der Waals surface area contributed by atoms with Crippen LogP contribution in [0.25, 0.3) is 71.1 Å². The van der Waals surface area contributed by atoms with E-state index in [9.17, 15) is 4.39 Å². The third-order valence-electron chi connectivity index (χ3n) is 13.1. The molecule has 1 aliphatic carbocycles. The van der Waals surface area contributed by atoms with E-state index in [4.69, 9.17) is 9.15 Å². The zero-order chi connectivity index (χ0) is 35.0. The number of anilines is 2. The van der Waals surface area contributed by atoms with Crippen LogP contribution in [0.5, 0.6) is 0 Å². The maximum atomic E-state index is 14.5. The maximum Gasteiger partial charge on any atom is 0.341 e. The van der Waals surface area contributed by atoms with Crippen molar-refractivity contribution in [2.45, 2.75) is 18.8 Å². The Balaban J connectivity index is 1.23. The first-order chi connectivity index (χ1) is 26.7. The quantitative estimate of drug-likeness (QED) is 0.160. The lowest BCUT2D eigenvalue weighted by atomic mass is 9.38. The highest BCUT2D eigenvalue weighted by molar-refractivity contribution is 6.94. The lowest BCUT2D eigenvalue weighted by molar-refractivity contribution is 0.297. The molecule has 0 bridgehead atoms. The predicted octanol–water partition coefficient (Wildman–Crippen LogP) is 10.9. The van der Waals surface area contributed by atoms with Gasteiger partial charge in [-0.25, -0.2) is 4.39 Å². The first kappa shape index (κ1) is 28.0. The van der Waals surface area contributed by atoms with Crippen molar-refractivity contribution >= 4 is 83.5 Å². The van der Waals surface area contributed by atoms with Gasteiger partial charge in [0, 0.05) is 28.1 Å². The lowest BCUT2D eigenvalue weighted by Gasteiger charge is -2.39. The zero-order valence-electron chi connectivity index (χ0n) is 28.9. The number of furan rings is 1. The van der Waals surface area contributed by atoms with E-state index in [2.05, 4.69) is 119 Å². The normalized spacial score (nSPS) is 18.8. The fourth-order valence-corrected chi connectivity index (χ4v) is 11.1. The summed E-state index contributed by atoms with van der Waals surface area (Å²) in [4.78, 5) is 2.53. The summed E-state index contributed by atoms with van der Waals surface area (Å²) in [5, 5.41) is 8.46. The minimum Gasteiger partial charge on any atom is -0.473 e. The van der Waals surface area contributed by atoms with Crippen molar-refractivity contribution in [3.8, 4) is 16.8 Å². The first-order valence-corrected chi connectivity index (χ1v) is 19.0. The van der Waals surface area contributed by atoms with Gasteiger partial charge in [0.15, 0.2) is 0 Å². The molecule has 0 amide bonds. The van der Waals surface area contributed by atoms with E-state index in [-0.39, 0.29) is 24.4 Å². The molecule has 0 saturated heterocycles. The summed E-state index contributed by atoms with van der Waals surface area (Å²) in [5.74, 6) is 1.17. The molecule has 0 spiro atoms. The Morgan fingerprint density at radius 3 is 2.30 bits per heavy atom. The third kappa shape index (κ3) is 3.21. The van der Waals surface area contributed by atoms with Crippen LogP contribution in [0.15, 0.2) is 155 Å². The summed E-state index contributed by atoms with van der Waals surface area (Å²) in [5.41, 5.74) is 14.1. The second-order valence-electron chi connectivity index (χ2n) is 15.6. The van der Waals surface area contributed by atoms with Gasteiger partial charge in [-0.15, -0.1) is 0 Å². The van der Waals surface area contributed by atoms with Crippen molar-refractivity contribution in [1.82, 2.24) is 4.57 Å². The number of ether oxygens (including phenoxy) is 1. The van der Waals surface area contributed by atoms with Crippen LogP contribution < -0.4 is 16.0 Å². The molecule has 6 heteroatoms. The van der Waals surface area contributed by atoms with Crippen LogP contribution in [0.3, 0.4) is 0 Å². The number of allylic oxidation sites excluding steroid dienone is 1. The van der Waals surface area contributed by atoms with Gasteiger partial charge in [-0.05, 0) is 105 Å². The summed E-state index contributed by atoms with van der Waals surface area (Å²) in [6.07, 6.45) is 4.37. The lowest BCUT2D eigenvalue weighted by Crippen LogP contribution is -2.54. The molecule has 54 heavy (non-hydrogen) atoms. The fourth-order valence-electron chi connectivity index (χ4n) is 11.1. The molecule has 14 rings (SSSR count). The predicted molar refractivity (Wildman–Crippen MR) is 216 cm³/mol. The highest BCUT2D eigenvalue weighted by Gasteiger charge is 2.55. The Bertz CT molecular complexity index is 3290. The average molecular weight is 695 g/mol. The molecule has 2 aromatic heterocycles. The third-order valence-corrected chi connectivity index (χ3v) is 13.1. The summed E-state index contributed by atoms with van der Waals surface area (Å²) in [6.45, 7) is -0.261. The molecule has 9 aromatic rings. The van der Waals surface area contributed by atoms with Crippen LogP contribution in [0.4, 0.5) is 15.8 Å². The average Bonchev–Trinajstić information content (AvgIpc) is 3.72. The molecule has 252 valence electrons. The molecule has 0 N–H and O–H groups in total. The molecule has 2 unspecified atom stereocenters. The van der Waals surface area contributed by atoms with Gasteiger partial charge in [-0.1, -0.05) is 84.9 Å². The Kier molecular flexibility index (Phi) is 4.94. The van der Waals surface area contributed by atoms with Crippen molar-refractivity contribution < 1.29 is 13.5 Å². The van der Waals surface area contributed by atoms with E-state index in [0.29, 0.717) is 0 Å². The van der Waals surface area contributed by atoms with E-state index in [1.165, 1.54) is 49.3 Å². The van der Waals surface area contributed by atoms with Gasteiger partial charge in [0.25, 0.3) is 0 Å². The van der Waals surface area contributed by atoms with Crippen LogP contribution >= 0.6 is 0 Å². The maximum absolute atomic E-state index is 14.5. The van der Waals surface area contributed by atoms with Crippen LogP contribution in [-0.2, 0) is 4.74 Å². The summed E-state index contributed by atoms with van der Waals surface area (Å²) in [6, 6.07) is 44.9. The second kappa shape index (κ2) is 9.52. The molecule has 4 aliphatic heterocycles. The van der Waals surface area contributed by atoms with Crippen molar-refractivity contribution in [1.29, 1.82) is 0 Å². The highest BCUT2D eigenvalue weighted by Crippen LogP contribution is 2.59. The van der Waals surface area contributed by atoms with Crippen molar-refractivity contribution in [2.24, 2.45) is 5.92 Å². The molecular formula is C48H28BFN2O2. The van der Waals surface area contributed by atoms with E-state index < -0.39 is 0 Å². The number of rotatable bonds is 1. The molecule has 0 saturated carbocycles. The number of hydrogen-bond donors (Lipinski definition) is 0. The van der Waals surface area contributed by atoms with Crippen LogP contribution in [0.1, 0.15) is 24.3 Å². The molecular weight excluding hydrogens is 666 g/mol. The number of nitrogens with zero attached hydrogens (tertiary/aromatic N) is 2. The van der Waals surface area contributed by atoms with Gasteiger partial charge in [-0.3, -0.25) is 0 Å². The Morgan fingerprint density at radius 2 is 1.43 bits per heavy atom. The van der Waals surface area contributed by atoms with Gasteiger partial charge in [-0.2, -0.15) is 0 Å². The van der Waals surface area contributed by atoms with E-state index in [1.807, 2.05) is 12.1 Å². The Morgan fingerprint density at radius 1 is 0.685 bits per heavy atom. The van der Waals surface area contributed by atoms with Crippen LogP contribution in [-0.4, -0.2) is 11.3 Å². The van der Waals surface area contributed by atoms with E-state index in [0.717, 1.165) is 79.9 Å². The van der Waals surface area contributed by atoms with Gasteiger partial charge in [0.1, 0.15) is 22.8 Å². The minimum atomic E-state index is -0.261. The summed E-state index contributed by atoms with van der Waals surface area (Å²) < 4.78 is 31.4. The van der Waals surface area contributed by atoms with E-state index in [1.54, 1.807) is 12.1 Å². The number of hydrogen-bond acceptors (Lipinski definition) is 3. The SMILES string of the molecule is Fc1ccc(-c2cc3c4c(c2)-n2c5cccc6cccc(c7cccc8oc(c2c87)B4C2=C4C7C(=CCCC7c7cccc8cccc(c78)N43)O2)c65)cc1. The largest absolute Gasteiger partial charge is 0.473 e. The summed E-state index contributed by atoms with van der Waals surface area (Å²) in [7, 11) is 0. The monoisotopic (exact) mass is 694 g/mol. The second-order valence-corrected chi connectivity index (χ2v) is 15.6. The Labute approximate surface area is 309 Å².